The Morgan fingerprint density at radius 3 is 2.23 bits per heavy atom. The van der Waals surface area contributed by atoms with Crippen molar-refractivity contribution in [2.45, 2.75) is 6.61 Å². The second-order valence-electron chi connectivity index (χ2n) is 5.52. The molecule has 5 heteroatoms. The SMILES string of the molecule is N=C(C=CN)c1ccc(Oc2ccc(OCc3cccnc3)cc2)cc1. The van der Waals surface area contributed by atoms with Gasteiger partial charge >= 0.3 is 0 Å². The molecule has 0 saturated carbocycles. The number of hydrogen-bond donors (Lipinski definition) is 2. The average Bonchev–Trinajstić information content (AvgIpc) is 2.69. The van der Waals surface area contributed by atoms with Crippen LogP contribution in [0.25, 0.3) is 0 Å². The second-order valence-corrected chi connectivity index (χ2v) is 5.52. The molecule has 2 aromatic carbocycles. The van der Waals surface area contributed by atoms with Crippen molar-refractivity contribution in [3.8, 4) is 17.2 Å². The van der Waals surface area contributed by atoms with Gasteiger partial charge in [0.1, 0.15) is 23.9 Å². The maximum Gasteiger partial charge on any atom is 0.127 e. The number of benzene rings is 2. The van der Waals surface area contributed by atoms with Crippen LogP contribution in [0.15, 0.2) is 85.3 Å². The van der Waals surface area contributed by atoms with Crippen molar-refractivity contribution in [1.82, 2.24) is 4.98 Å². The highest BCUT2D eigenvalue weighted by molar-refractivity contribution is 6.06. The third-order valence-corrected chi connectivity index (χ3v) is 3.62. The minimum absolute atomic E-state index is 0.356. The van der Waals surface area contributed by atoms with Crippen LogP contribution in [0, 0.1) is 5.41 Å². The van der Waals surface area contributed by atoms with E-state index in [0.717, 1.165) is 16.9 Å². The number of nitrogens with one attached hydrogen (secondary N) is 1. The van der Waals surface area contributed by atoms with Gasteiger partial charge in [0.25, 0.3) is 0 Å². The maximum absolute atomic E-state index is 7.82. The molecule has 3 N–H and O–H groups in total. The molecule has 1 heterocycles. The molecule has 5 nitrogen and oxygen atoms in total. The molecule has 0 aliphatic carbocycles. The Labute approximate surface area is 152 Å². The first-order valence-corrected chi connectivity index (χ1v) is 8.11. The number of allylic oxidation sites excluding steroid dienone is 1. The van der Waals surface area contributed by atoms with Gasteiger partial charge in [0.2, 0.25) is 0 Å². The molecule has 26 heavy (non-hydrogen) atoms. The van der Waals surface area contributed by atoms with E-state index in [1.54, 1.807) is 18.5 Å². The summed E-state index contributed by atoms with van der Waals surface area (Å²) in [5.74, 6) is 2.17. The van der Waals surface area contributed by atoms with Gasteiger partial charge in [-0.2, -0.15) is 0 Å². The molecule has 0 saturated heterocycles. The quantitative estimate of drug-likeness (QED) is 0.626. The molecule has 0 aliphatic heterocycles. The molecule has 3 rings (SSSR count). The van der Waals surface area contributed by atoms with Crippen molar-refractivity contribution < 1.29 is 9.47 Å². The van der Waals surface area contributed by atoms with Gasteiger partial charge in [-0.3, -0.25) is 4.98 Å². The van der Waals surface area contributed by atoms with E-state index in [2.05, 4.69) is 4.98 Å². The number of hydrogen-bond acceptors (Lipinski definition) is 5. The van der Waals surface area contributed by atoms with Crippen LogP contribution < -0.4 is 15.2 Å². The fourth-order valence-electron chi connectivity index (χ4n) is 2.29. The molecule has 130 valence electrons. The lowest BCUT2D eigenvalue weighted by molar-refractivity contribution is 0.305. The van der Waals surface area contributed by atoms with E-state index in [9.17, 15) is 0 Å². The zero-order valence-electron chi connectivity index (χ0n) is 14.1. The number of nitrogens with two attached hydrogens (primary N) is 1. The first-order valence-electron chi connectivity index (χ1n) is 8.11. The van der Waals surface area contributed by atoms with Crippen molar-refractivity contribution in [1.29, 1.82) is 5.41 Å². The Morgan fingerprint density at radius 1 is 0.962 bits per heavy atom. The third kappa shape index (κ3) is 4.70. The first-order chi connectivity index (χ1) is 12.7. The van der Waals surface area contributed by atoms with Crippen LogP contribution in [0.2, 0.25) is 0 Å². The molecule has 0 fully saturated rings. The summed E-state index contributed by atoms with van der Waals surface area (Å²) in [7, 11) is 0. The van der Waals surface area contributed by atoms with Crippen molar-refractivity contribution in [2.24, 2.45) is 5.73 Å². The van der Waals surface area contributed by atoms with Gasteiger partial charge in [0.15, 0.2) is 0 Å². The minimum Gasteiger partial charge on any atom is -0.489 e. The summed E-state index contributed by atoms with van der Waals surface area (Å²) in [5.41, 5.74) is 7.45. The fraction of sp³-hybridized carbons (Fsp3) is 0.0476. The lowest BCUT2D eigenvalue weighted by atomic mass is 10.1. The van der Waals surface area contributed by atoms with Gasteiger partial charge in [0, 0.05) is 18.0 Å². The van der Waals surface area contributed by atoms with Gasteiger partial charge in [0.05, 0.1) is 5.71 Å². The normalized spacial score (nSPS) is 10.6. The Balaban J connectivity index is 1.58. The molecule has 0 aliphatic rings. The molecule has 0 bridgehead atoms. The summed E-state index contributed by atoms with van der Waals surface area (Å²) in [6, 6.07) is 18.6. The van der Waals surface area contributed by atoms with E-state index in [-0.39, 0.29) is 0 Å². The number of rotatable bonds is 7. The molecule has 3 aromatic rings. The summed E-state index contributed by atoms with van der Waals surface area (Å²) in [5, 5.41) is 7.82. The van der Waals surface area contributed by atoms with Crippen LogP contribution in [0.3, 0.4) is 0 Å². The molecule has 0 atom stereocenters. The molecule has 0 spiro atoms. The number of nitrogens with zero attached hydrogens (tertiary/aromatic N) is 1. The summed E-state index contributed by atoms with van der Waals surface area (Å²) in [6.45, 7) is 0.471. The summed E-state index contributed by atoms with van der Waals surface area (Å²) in [6.07, 6.45) is 6.41. The van der Waals surface area contributed by atoms with Crippen molar-refractivity contribution >= 4 is 5.71 Å². The van der Waals surface area contributed by atoms with Crippen molar-refractivity contribution in [2.75, 3.05) is 0 Å². The highest BCUT2D eigenvalue weighted by Crippen LogP contribution is 2.24. The molecular formula is C21H19N3O2. The van der Waals surface area contributed by atoms with E-state index in [4.69, 9.17) is 20.6 Å². The number of ether oxygens (including phenoxy) is 2. The number of aromatic nitrogens is 1. The van der Waals surface area contributed by atoms with Gasteiger partial charge in [-0.1, -0.05) is 6.07 Å². The Hall–Kier alpha value is -3.60. The summed E-state index contributed by atoms with van der Waals surface area (Å²) < 4.78 is 11.5. The van der Waals surface area contributed by atoms with Gasteiger partial charge in [-0.15, -0.1) is 0 Å². The molecular weight excluding hydrogens is 326 g/mol. The molecule has 0 amide bonds. The zero-order valence-corrected chi connectivity index (χ0v) is 14.1. The monoisotopic (exact) mass is 345 g/mol. The van der Waals surface area contributed by atoms with Gasteiger partial charge in [-0.25, -0.2) is 0 Å². The lowest BCUT2D eigenvalue weighted by Gasteiger charge is -2.09. The van der Waals surface area contributed by atoms with Gasteiger partial charge in [-0.05, 0) is 72.4 Å². The van der Waals surface area contributed by atoms with E-state index in [0.29, 0.717) is 23.8 Å². The smallest absolute Gasteiger partial charge is 0.127 e. The van der Waals surface area contributed by atoms with E-state index in [1.807, 2.05) is 60.7 Å². The summed E-state index contributed by atoms with van der Waals surface area (Å²) >= 11 is 0. The Kier molecular flexibility index (Phi) is 5.62. The van der Waals surface area contributed by atoms with Crippen LogP contribution in [0.5, 0.6) is 17.2 Å². The molecule has 0 radical (unpaired) electrons. The van der Waals surface area contributed by atoms with Crippen molar-refractivity contribution in [3.63, 3.8) is 0 Å². The zero-order chi connectivity index (χ0) is 18.2. The Morgan fingerprint density at radius 2 is 1.62 bits per heavy atom. The van der Waals surface area contributed by atoms with Crippen LogP contribution in [0.1, 0.15) is 11.1 Å². The molecule has 1 aromatic heterocycles. The summed E-state index contributed by atoms with van der Waals surface area (Å²) in [4.78, 5) is 4.06. The van der Waals surface area contributed by atoms with Crippen molar-refractivity contribution in [3.05, 3.63) is 96.5 Å². The predicted octanol–water partition coefficient (Wildman–Crippen LogP) is 4.29. The minimum atomic E-state index is 0.356. The third-order valence-electron chi connectivity index (χ3n) is 3.62. The van der Waals surface area contributed by atoms with E-state index < -0.39 is 0 Å². The van der Waals surface area contributed by atoms with E-state index in [1.165, 1.54) is 6.20 Å². The predicted molar refractivity (Wildman–Crippen MR) is 102 cm³/mol. The first kappa shape index (κ1) is 17.2. The highest BCUT2D eigenvalue weighted by Gasteiger charge is 2.02. The van der Waals surface area contributed by atoms with Crippen LogP contribution in [0.4, 0.5) is 0 Å². The lowest BCUT2D eigenvalue weighted by Crippen LogP contribution is -1.96. The van der Waals surface area contributed by atoms with Crippen LogP contribution in [-0.4, -0.2) is 10.7 Å². The topological polar surface area (TPSA) is 81.2 Å². The maximum atomic E-state index is 7.82. The average molecular weight is 345 g/mol. The Bertz CT molecular complexity index is 873. The second kappa shape index (κ2) is 8.48. The molecule has 0 unspecified atom stereocenters. The number of pyridine rings is 1. The largest absolute Gasteiger partial charge is 0.489 e. The standard InChI is InChI=1S/C21H19N3O2/c22-12-11-21(23)17-3-5-19(6-4-17)26-20-9-7-18(8-10-20)25-15-16-2-1-13-24-14-16/h1-14,23H,15,22H2. The van der Waals surface area contributed by atoms with Crippen LogP contribution >= 0.6 is 0 Å². The fourth-order valence-corrected chi connectivity index (χ4v) is 2.29. The van der Waals surface area contributed by atoms with E-state index >= 15 is 0 Å². The highest BCUT2D eigenvalue weighted by atomic mass is 16.5. The van der Waals surface area contributed by atoms with Crippen LogP contribution in [-0.2, 0) is 6.61 Å². The van der Waals surface area contributed by atoms with Gasteiger partial charge < -0.3 is 20.6 Å².